The van der Waals surface area contributed by atoms with Crippen molar-refractivity contribution in [2.75, 3.05) is 0 Å². The molecule has 0 fully saturated rings. The first-order valence-electron chi connectivity index (χ1n) is 6.58. The molecule has 0 aliphatic heterocycles. The first kappa shape index (κ1) is 14.4. The van der Waals surface area contributed by atoms with Gasteiger partial charge in [0.15, 0.2) is 0 Å². The van der Waals surface area contributed by atoms with Crippen molar-refractivity contribution in [2.45, 2.75) is 13.0 Å². The van der Waals surface area contributed by atoms with Crippen molar-refractivity contribution in [1.82, 2.24) is 15.5 Å². The van der Waals surface area contributed by atoms with Gasteiger partial charge in [-0.2, -0.15) is 0 Å². The number of hydrogen-bond donors (Lipinski definition) is 1. The number of rotatable bonds is 5. The van der Waals surface area contributed by atoms with Crippen LogP contribution in [0.1, 0.15) is 11.5 Å². The van der Waals surface area contributed by atoms with E-state index in [1.807, 2.05) is 17.5 Å². The van der Waals surface area contributed by atoms with E-state index in [4.69, 9.17) is 4.42 Å². The van der Waals surface area contributed by atoms with E-state index in [1.165, 1.54) is 23.5 Å². The van der Waals surface area contributed by atoms with Gasteiger partial charge in [-0.3, -0.25) is 4.79 Å². The van der Waals surface area contributed by atoms with Crippen LogP contribution in [0.15, 0.2) is 46.2 Å². The minimum atomic E-state index is -0.323. The molecule has 112 valence electrons. The molecule has 0 bridgehead atoms. The molecule has 22 heavy (non-hydrogen) atoms. The Morgan fingerprint density at radius 1 is 1.23 bits per heavy atom. The fourth-order valence-corrected chi connectivity index (χ4v) is 2.49. The number of amides is 1. The van der Waals surface area contributed by atoms with Crippen LogP contribution in [0.25, 0.3) is 10.8 Å². The fourth-order valence-electron chi connectivity index (χ4n) is 1.85. The Morgan fingerprint density at radius 2 is 2.05 bits per heavy atom. The van der Waals surface area contributed by atoms with Gasteiger partial charge < -0.3 is 9.73 Å². The zero-order chi connectivity index (χ0) is 15.4. The van der Waals surface area contributed by atoms with Crippen LogP contribution in [0.4, 0.5) is 4.39 Å². The second kappa shape index (κ2) is 6.48. The van der Waals surface area contributed by atoms with Gasteiger partial charge in [-0.1, -0.05) is 18.2 Å². The summed E-state index contributed by atoms with van der Waals surface area (Å²) >= 11 is 1.50. The van der Waals surface area contributed by atoms with Crippen molar-refractivity contribution in [3.63, 3.8) is 0 Å². The van der Waals surface area contributed by atoms with Gasteiger partial charge in [-0.25, -0.2) is 4.39 Å². The number of aromatic nitrogens is 2. The van der Waals surface area contributed by atoms with E-state index >= 15 is 0 Å². The Morgan fingerprint density at radius 3 is 2.77 bits per heavy atom. The van der Waals surface area contributed by atoms with Crippen molar-refractivity contribution < 1.29 is 13.6 Å². The van der Waals surface area contributed by atoms with Crippen LogP contribution < -0.4 is 5.32 Å². The van der Waals surface area contributed by atoms with Crippen LogP contribution in [0.3, 0.4) is 0 Å². The van der Waals surface area contributed by atoms with Crippen molar-refractivity contribution >= 4 is 17.2 Å². The highest BCUT2D eigenvalue weighted by molar-refractivity contribution is 7.13. The second-order valence-corrected chi connectivity index (χ2v) is 5.51. The van der Waals surface area contributed by atoms with Crippen LogP contribution in [-0.2, 0) is 17.8 Å². The molecular weight excluding hydrogens is 305 g/mol. The predicted molar refractivity (Wildman–Crippen MR) is 79.6 cm³/mol. The van der Waals surface area contributed by atoms with Gasteiger partial charge in [0.25, 0.3) is 5.89 Å². The highest BCUT2D eigenvalue weighted by atomic mass is 32.1. The van der Waals surface area contributed by atoms with E-state index < -0.39 is 0 Å². The number of halogens is 1. The first-order chi connectivity index (χ1) is 10.7. The molecule has 1 aromatic carbocycles. The van der Waals surface area contributed by atoms with E-state index in [0.717, 1.165) is 10.4 Å². The number of carbonyl (C=O) groups excluding carboxylic acids is 1. The number of nitrogens with zero attached hydrogens (tertiary/aromatic N) is 2. The monoisotopic (exact) mass is 317 g/mol. The van der Waals surface area contributed by atoms with Crippen LogP contribution in [0.2, 0.25) is 0 Å². The highest BCUT2D eigenvalue weighted by Gasteiger charge is 2.10. The average molecular weight is 317 g/mol. The molecule has 0 saturated heterocycles. The van der Waals surface area contributed by atoms with Gasteiger partial charge in [0, 0.05) is 0 Å². The van der Waals surface area contributed by atoms with Gasteiger partial charge >= 0.3 is 0 Å². The zero-order valence-electron chi connectivity index (χ0n) is 11.5. The zero-order valence-corrected chi connectivity index (χ0v) is 12.3. The molecule has 0 saturated carbocycles. The maximum Gasteiger partial charge on any atom is 0.257 e. The summed E-state index contributed by atoms with van der Waals surface area (Å²) < 4.78 is 18.3. The third-order valence-corrected chi connectivity index (χ3v) is 3.77. The van der Waals surface area contributed by atoms with Crippen molar-refractivity contribution in [1.29, 1.82) is 0 Å². The molecule has 5 nitrogen and oxygen atoms in total. The Kier molecular flexibility index (Phi) is 4.24. The summed E-state index contributed by atoms with van der Waals surface area (Å²) in [6, 6.07) is 9.60. The van der Waals surface area contributed by atoms with E-state index in [1.54, 1.807) is 12.1 Å². The Bertz CT molecular complexity index is 753. The lowest BCUT2D eigenvalue weighted by Gasteiger charge is -2.02. The van der Waals surface area contributed by atoms with Crippen LogP contribution in [0.5, 0.6) is 0 Å². The molecule has 3 rings (SSSR count). The normalized spacial score (nSPS) is 10.6. The molecule has 7 heteroatoms. The van der Waals surface area contributed by atoms with Crippen molar-refractivity contribution in [2.24, 2.45) is 0 Å². The maximum absolute atomic E-state index is 12.8. The van der Waals surface area contributed by atoms with Crippen molar-refractivity contribution in [3.05, 3.63) is 59.0 Å². The number of carbonyl (C=O) groups is 1. The summed E-state index contributed by atoms with van der Waals surface area (Å²) in [5, 5.41) is 12.4. The SMILES string of the molecule is O=C(Cc1ccc(F)cc1)NCc1nnc(-c2cccs2)o1. The molecule has 2 aromatic heterocycles. The Balaban J connectivity index is 1.54. The number of nitrogens with one attached hydrogen (secondary N) is 1. The van der Waals surface area contributed by atoms with Gasteiger partial charge in [0.2, 0.25) is 11.8 Å². The lowest BCUT2D eigenvalue weighted by molar-refractivity contribution is -0.120. The quantitative estimate of drug-likeness (QED) is 0.785. The summed E-state index contributed by atoms with van der Waals surface area (Å²) in [4.78, 5) is 12.7. The standard InChI is InChI=1S/C15H12FN3O2S/c16-11-5-3-10(4-6-11)8-13(20)17-9-14-18-19-15(21-14)12-2-1-7-22-12/h1-7H,8-9H2,(H,17,20). The molecule has 1 N–H and O–H groups in total. The summed E-state index contributed by atoms with van der Waals surface area (Å²) in [5.74, 6) is 0.271. The first-order valence-corrected chi connectivity index (χ1v) is 7.46. The van der Waals surface area contributed by atoms with Crippen molar-refractivity contribution in [3.8, 4) is 10.8 Å². The minimum Gasteiger partial charge on any atom is -0.418 e. The molecule has 1 amide bonds. The fraction of sp³-hybridized carbons (Fsp3) is 0.133. The third-order valence-electron chi connectivity index (χ3n) is 2.91. The number of benzene rings is 1. The molecule has 2 heterocycles. The summed E-state index contributed by atoms with van der Waals surface area (Å²) in [6.07, 6.45) is 0.173. The smallest absolute Gasteiger partial charge is 0.257 e. The Labute approximate surface area is 129 Å². The lowest BCUT2D eigenvalue weighted by Crippen LogP contribution is -2.24. The Hall–Kier alpha value is -2.54. The third kappa shape index (κ3) is 3.56. The molecule has 0 unspecified atom stereocenters. The van der Waals surface area contributed by atoms with Gasteiger partial charge in [0.1, 0.15) is 5.82 Å². The second-order valence-electron chi connectivity index (χ2n) is 4.56. The molecule has 0 aliphatic rings. The predicted octanol–water partition coefficient (Wildman–Crippen LogP) is 2.80. The summed E-state index contributed by atoms with van der Waals surface area (Å²) in [6.45, 7) is 0.165. The number of hydrogen-bond acceptors (Lipinski definition) is 5. The molecular formula is C15H12FN3O2S. The topological polar surface area (TPSA) is 68.0 Å². The molecule has 0 aliphatic carbocycles. The summed E-state index contributed by atoms with van der Waals surface area (Å²) in [5.41, 5.74) is 0.740. The minimum absolute atomic E-state index is 0.165. The van der Waals surface area contributed by atoms with Crippen LogP contribution in [0, 0.1) is 5.82 Å². The van der Waals surface area contributed by atoms with E-state index in [0.29, 0.717) is 11.8 Å². The van der Waals surface area contributed by atoms with Crippen LogP contribution in [-0.4, -0.2) is 16.1 Å². The lowest BCUT2D eigenvalue weighted by atomic mass is 10.1. The highest BCUT2D eigenvalue weighted by Crippen LogP contribution is 2.22. The summed E-state index contributed by atoms with van der Waals surface area (Å²) in [7, 11) is 0. The average Bonchev–Trinajstić information content (AvgIpc) is 3.18. The van der Waals surface area contributed by atoms with Gasteiger partial charge in [0.05, 0.1) is 17.8 Å². The van der Waals surface area contributed by atoms with E-state index in [-0.39, 0.29) is 24.7 Å². The number of thiophene rings is 1. The van der Waals surface area contributed by atoms with Gasteiger partial charge in [-0.05, 0) is 29.1 Å². The maximum atomic E-state index is 12.8. The molecule has 0 spiro atoms. The molecule has 3 aromatic rings. The van der Waals surface area contributed by atoms with Crippen LogP contribution >= 0.6 is 11.3 Å². The largest absolute Gasteiger partial charge is 0.418 e. The van der Waals surface area contributed by atoms with E-state index in [9.17, 15) is 9.18 Å². The van der Waals surface area contributed by atoms with Gasteiger partial charge in [-0.15, -0.1) is 21.5 Å². The molecule has 0 radical (unpaired) electrons. The van der Waals surface area contributed by atoms with E-state index in [2.05, 4.69) is 15.5 Å². The molecule has 0 atom stereocenters.